The Morgan fingerprint density at radius 1 is 1.19 bits per heavy atom. The highest BCUT2D eigenvalue weighted by Crippen LogP contribution is 2.06. The molecule has 0 aromatic carbocycles. The number of pyridine rings is 1. The molecule has 0 radical (unpaired) electrons. The molecule has 3 N–H and O–H groups in total. The Kier molecular flexibility index (Phi) is 9.86. The summed E-state index contributed by atoms with van der Waals surface area (Å²) in [5.74, 6) is 0. The number of nitrogens with zero attached hydrogens (tertiary/aromatic N) is 1. The molecule has 0 fully saturated rings. The van der Waals surface area contributed by atoms with Crippen LogP contribution in [0.25, 0.3) is 0 Å². The lowest BCUT2D eigenvalue weighted by molar-refractivity contribution is 0.278. The average molecular weight is 242 g/mol. The van der Waals surface area contributed by atoms with Crippen molar-refractivity contribution in [1.82, 2.24) is 4.98 Å². The van der Waals surface area contributed by atoms with E-state index in [1.54, 1.807) is 6.20 Å². The smallest absolute Gasteiger partial charge is 0.418 e. The minimum Gasteiger partial charge on any atom is -0.418 e. The molecule has 10 heteroatoms. The summed E-state index contributed by atoms with van der Waals surface area (Å²) in [5.41, 5.74) is 1.21. The number of hydrogen-bond donors (Lipinski definition) is 3. The van der Waals surface area contributed by atoms with Gasteiger partial charge in [0, 0.05) is 12.4 Å². The van der Waals surface area contributed by atoms with Crippen LogP contribution in [-0.4, -0.2) is 34.6 Å². The SMILES string of the molecule is Cc1cccnc1.F[B-](F)(F)F.OB(O)O. The Labute approximate surface area is 89.9 Å². The molecule has 4 nitrogen and oxygen atoms in total. The van der Waals surface area contributed by atoms with Gasteiger partial charge in [0.1, 0.15) is 0 Å². The zero-order chi connectivity index (χ0) is 13.2. The standard InChI is InChI=1S/C6H7N.BF4.BH3O3/c1-6-3-2-4-7-5-6;2-1(3,4)5;2-1(3)4/h2-5H,1H3;;2-4H/q;-1;. The molecule has 0 saturated heterocycles. The fraction of sp³-hybridized carbons (Fsp3) is 0.167. The molecule has 1 heterocycles. The van der Waals surface area contributed by atoms with Crippen molar-refractivity contribution in [3.8, 4) is 0 Å². The quantitative estimate of drug-likeness (QED) is 0.460. The highest BCUT2D eigenvalue weighted by Gasteiger charge is 2.20. The van der Waals surface area contributed by atoms with Crippen molar-refractivity contribution in [2.75, 3.05) is 0 Å². The molecule has 1 aromatic rings. The fourth-order valence-electron chi connectivity index (χ4n) is 0.448. The fourth-order valence-corrected chi connectivity index (χ4v) is 0.448. The van der Waals surface area contributed by atoms with Crippen molar-refractivity contribution in [3.63, 3.8) is 0 Å². The van der Waals surface area contributed by atoms with E-state index in [4.69, 9.17) is 15.1 Å². The molecule has 92 valence electrons. The van der Waals surface area contributed by atoms with E-state index in [-0.39, 0.29) is 0 Å². The maximum absolute atomic E-state index is 9.75. The van der Waals surface area contributed by atoms with E-state index in [1.165, 1.54) is 5.56 Å². The maximum atomic E-state index is 9.75. The molecule has 1 aromatic heterocycles. The van der Waals surface area contributed by atoms with E-state index in [1.807, 2.05) is 25.3 Å². The number of hydrogen-bond acceptors (Lipinski definition) is 4. The van der Waals surface area contributed by atoms with Crippen LogP contribution in [0.5, 0.6) is 0 Å². The Morgan fingerprint density at radius 3 is 1.69 bits per heavy atom. The molecule has 0 aliphatic rings. The molecule has 1 rings (SSSR count). The van der Waals surface area contributed by atoms with Crippen molar-refractivity contribution in [2.45, 2.75) is 6.92 Å². The third-order valence-corrected chi connectivity index (χ3v) is 0.809. The summed E-state index contributed by atoms with van der Waals surface area (Å²) in [6, 6.07) is 3.95. The van der Waals surface area contributed by atoms with Crippen molar-refractivity contribution >= 4 is 14.6 Å². The summed E-state index contributed by atoms with van der Waals surface area (Å²) < 4.78 is 39.0. The van der Waals surface area contributed by atoms with Gasteiger partial charge in [-0.1, -0.05) is 6.07 Å². The van der Waals surface area contributed by atoms with Crippen LogP contribution >= 0.6 is 0 Å². The summed E-state index contributed by atoms with van der Waals surface area (Å²) in [5, 5.41) is 21.5. The molecule has 0 aliphatic heterocycles. The lowest BCUT2D eigenvalue weighted by atomic mass is 10.3. The van der Waals surface area contributed by atoms with E-state index in [2.05, 4.69) is 4.98 Å². The second-order valence-electron chi connectivity index (χ2n) is 2.37. The summed E-state index contributed by atoms with van der Waals surface area (Å²) in [6.07, 6.45) is 3.60. The van der Waals surface area contributed by atoms with Crippen molar-refractivity contribution < 1.29 is 32.3 Å². The van der Waals surface area contributed by atoms with Gasteiger partial charge < -0.3 is 32.3 Å². The zero-order valence-corrected chi connectivity index (χ0v) is 8.26. The summed E-state index contributed by atoms with van der Waals surface area (Å²) in [6.45, 7) is 2.02. The van der Waals surface area contributed by atoms with Gasteiger partial charge in [-0.3, -0.25) is 4.98 Å². The normalized spacial score (nSPS) is 9.25. The molecule has 0 spiro atoms. The number of halogens is 4. The van der Waals surface area contributed by atoms with Gasteiger partial charge in [0.15, 0.2) is 0 Å². The lowest BCUT2D eigenvalue weighted by Crippen LogP contribution is -2.07. The van der Waals surface area contributed by atoms with Crippen molar-refractivity contribution in [2.24, 2.45) is 0 Å². The topological polar surface area (TPSA) is 73.6 Å². The Balaban J connectivity index is 0. The minimum absolute atomic E-state index is 1.21. The van der Waals surface area contributed by atoms with Gasteiger partial charge in [-0.25, -0.2) is 0 Å². The molecule has 0 aliphatic carbocycles. The van der Waals surface area contributed by atoms with Crippen LogP contribution in [0, 0.1) is 6.92 Å². The maximum Gasteiger partial charge on any atom is 0.673 e. The summed E-state index contributed by atoms with van der Waals surface area (Å²) in [7, 11) is -8.17. The third kappa shape index (κ3) is 38.4. The highest BCUT2D eigenvalue weighted by molar-refractivity contribution is 6.50. The number of aromatic nitrogens is 1. The Bertz CT molecular complexity index is 251. The van der Waals surface area contributed by atoms with Gasteiger partial charge in [-0.05, 0) is 18.6 Å². The largest absolute Gasteiger partial charge is 0.673 e. The van der Waals surface area contributed by atoms with Gasteiger partial charge in [-0.15, -0.1) is 0 Å². The predicted octanol–water partition coefficient (Wildman–Crippen LogP) is 0.638. The molecular weight excluding hydrogens is 232 g/mol. The number of aryl methyl sites for hydroxylation is 1. The first-order valence-corrected chi connectivity index (χ1v) is 3.91. The van der Waals surface area contributed by atoms with Crippen LogP contribution in [0.3, 0.4) is 0 Å². The van der Waals surface area contributed by atoms with Gasteiger partial charge >= 0.3 is 14.6 Å². The van der Waals surface area contributed by atoms with E-state index in [0.717, 1.165) is 0 Å². The third-order valence-electron chi connectivity index (χ3n) is 0.809. The van der Waals surface area contributed by atoms with Gasteiger partial charge in [0.25, 0.3) is 0 Å². The second-order valence-corrected chi connectivity index (χ2v) is 2.37. The van der Waals surface area contributed by atoms with Gasteiger partial charge in [-0.2, -0.15) is 0 Å². The van der Waals surface area contributed by atoms with E-state index >= 15 is 0 Å². The molecule has 0 atom stereocenters. The van der Waals surface area contributed by atoms with Crippen LogP contribution in [0.2, 0.25) is 0 Å². The molecular formula is C6H10B2F4NO3-. The first kappa shape index (κ1) is 17.3. The summed E-state index contributed by atoms with van der Waals surface area (Å²) >= 11 is 0. The van der Waals surface area contributed by atoms with E-state index < -0.39 is 14.6 Å². The van der Waals surface area contributed by atoms with Crippen LogP contribution in [0.1, 0.15) is 5.56 Å². The van der Waals surface area contributed by atoms with Crippen LogP contribution in [0.4, 0.5) is 17.3 Å². The number of rotatable bonds is 0. The molecule has 0 bridgehead atoms. The first-order chi connectivity index (χ1) is 7.13. The predicted molar refractivity (Wildman–Crippen MR) is 51.6 cm³/mol. The molecule has 16 heavy (non-hydrogen) atoms. The lowest BCUT2D eigenvalue weighted by Gasteiger charge is -1.94. The molecule has 0 unspecified atom stereocenters. The van der Waals surface area contributed by atoms with Crippen LogP contribution in [0.15, 0.2) is 24.5 Å². The zero-order valence-electron chi connectivity index (χ0n) is 8.26. The molecule has 0 amide bonds. The van der Waals surface area contributed by atoms with Crippen molar-refractivity contribution in [1.29, 1.82) is 0 Å². The van der Waals surface area contributed by atoms with Crippen molar-refractivity contribution in [3.05, 3.63) is 30.1 Å². The highest BCUT2D eigenvalue weighted by atomic mass is 19.5. The average Bonchev–Trinajstić information content (AvgIpc) is 2.00. The van der Waals surface area contributed by atoms with Crippen LogP contribution < -0.4 is 0 Å². The van der Waals surface area contributed by atoms with Crippen LogP contribution in [-0.2, 0) is 0 Å². The van der Waals surface area contributed by atoms with E-state index in [9.17, 15) is 17.3 Å². The van der Waals surface area contributed by atoms with Gasteiger partial charge in [0.2, 0.25) is 0 Å². The monoisotopic (exact) mass is 242 g/mol. The summed E-state index contributed by atoms with van der Waals surface area (Å²) in [4.78, 5) is 3.88. The Morgan fingerprint density at radius 2 is 1.56 bits per heavy atom. The minimum atomic E-state index is -6.00. The first-order valence-electron chi connectivity index (χ1n) is 3.91. The molecule has 0 saturated carbocycles. The van der Waals surface area contributed by atoms with E-state index in [0.29, 0.717) is 0 Å². The second kappa shape index (κ2) is 9.13. The Hall–Kier alpha value is -1.12. The van der Waals surface area contributed by atoms with Gasteiger partial charge in [0.05, 0.1) is 0 Å².